The molecule has 2 N–H and O–H groups in total. The van der Waals surface area contributed by atoms with Crippen molar-refractivity contribution in [3.8, 4) is 11.8 Å². The van der Waals surface area contributed by atoms with E-state index in [1.54, 1.807) is 0 Å². The van der Waals surface area contributed by atoms with Crippen molar-refractivity contribution in [3.05, 3.63) is 21.9 Å². The third-order valence-electron chi connectivity index (χ3n) is 3.47. The fraction of sp³-hybridized carbons (Fsp3) is 0.562. The Morgan fingerprint density at radius 1 is 1.38 bits per heavy atom. The molecule has 21 heavy (non-hydrogen) atoms. The smallest absolute Gasteiger partial charge is 0.265 e. The number of amides is 1. The summed E-state index contributed by atoms with van der Waals surface area (Å²) in [5, 5.41) is 1.92. The van der Waals surface area contributed by atoms with E-state index < -0.39 is 0 Å². The van der Waals surface area contributed by atoms with E-state index in [9.17, 15) is 4.79 Å². The maximum absolute atomic E-state index is 12.6. The Hall–Kier alpha value is -1.35. The molecule has 1 aliphatic heterocycles. The molecule has 1 aliphatic rings. The summed E-state index contributed by atoms with van der Waals surface area (Å²) >= 11 is 1.47. The van der Waals surface area contributed by atoms with Gasteiger partial charge in [-0.05, 0) is 17.4 Å². The monoisotopic (exact) mass is 305 g/mol. The molecule has 0 spiro atoms. The Kier molecular flexibility index (Phi) is 5.80. The molecule has 1 fully saturated rings. The number of hydrogen-bond donors (Lipinski definition) is 1. The van der Waals surface area contributed by atoms with Crippen LogP contribution in [0.1, 0.15) is 29.1 Å². The van der Waals surface area contributed by atoms with Crippen molar-refractivity contribution in [2.45, 2.75) is 13.8 Å². The lowest BCUT2D eigenvalue weighted by atomic mass is 10.2. The normalized spacial score (nSPS) is 15.9. The second kappa shape index (κ2) is 7.60. The number of carbonyl (C=O) groups is 1. The molecule has 0 saturated carbocycles. The van der Waals surface area contributed by atoms with Gasteiger partial charge in [-0.15, -0.1) is 11.3 Å². The topological polar surface area (TPSA) is 49.6 Å². The largest absolute Gasteiger partial charge is 0.335 e. The highest BCUT2D eigenvalue weighted by Gasteiger charge is 2.24. The van der Waals surface area contributed by atoms with Gasteiger partial charge >= 0.3 is 0 Å². The molecule has 1 saturated heterocycles. The molecule has 0 unspecified atom stereocenters. The summed E-state index contributed by atoms with van der Waals surface area (Å²) in [5.41, 5.74) is 6.20. The van der Waals surface area contributed by atoms with Gasteiger partial charge in [0.05, 0.1) is 6.54 Å². The number of nitrogens with zero attached hydrogens (tertiary/aromatic N) is 2. The van der Waals surface area contributed by atoms with Crippen LogP contribution in [0.5, 0.6) is 0 Å². The molecule has 0 bridgehead atoms. The quantitative estimate of drug-likeness (QED) is 0.861. The van der Waals surface area contributed by atoms with E-state index in [1.807, 2.05) is 16.3 Å². The van der Waals surface area contributed by atoms with Crippen LogP contribution in [0.3, 0.4) is 0 Å². The average molecular weight is 305 g/mol. The molecule has 114 valence electrons. The molecule has 0 atom stereocenters. The van der Waals surface area contributed by atoms with Gasteiger partial charge in [0.15, 0.2) is 0 Å². The van der Waals surface area contributed by atoms with Gasteiger partial charge in [0.2, 0.25) is 0 Å². The number of piperazine rings is 1. The molecule has 0 radical (unpaired) electrons. The van der Waals surface area contributed by atoms with Gasteiger partial charge in [-0.1, -0.05) is 25.7 Å². The first-order valence-electron chi connectivity index (χ1n) is 7.40. The first kappa shape index (κ1) is 16.0. The van der Waals surface area contributed by atoms with Crippen LogP contribution in [-0.2, 0) is 0 Å². The maximum atomic E-state index is 12.6. The fourth-order valence-corrected chi connectivity index (χ4v) is 3.33. The number of carbonyl (C=O) groups excluding carboxylic acids is 1. The van der Waals surface area contributed by atoms with Crippen molar-refractivity contribution in [2.75, 3.05) is 39.3 Å². The van der Waals surface area contributed by atoms with Crippen LogP contribution >= 0.6 is 11.3 Å². The minimum Gasteiger partial charge on any atom is -0.335 e. The zero-order chi connectivity index (χ0) is 15.2. The summed E-state index contributed by atoms with van der Waals surface area (Å²) in [6.07, 6.45) is 0. The first-order valence-corrected chi connectivity index (χ1v) is 8.28. The third kappa shape index (κ3) is 4.31. The van der Waals surface area contributed by atoms with Gasteiger partial charge in [-0.25, -0.2) is 0 Å². The predicted molar refractivity (Wildman–Crippen MR) is 87.4 cm³/mol. The van der Waals surface area contributed by atoms with Gasteiger partial charge in [0.25, 0.3) is 5.91 Å². The lowest BCUT2D eigenvalue weighted by Gasteiger charge is -2.35. The zero-order valence-corrected chi connectivity index (χ0v) is 13.6. The number of nitrogens with two attached hydrogens (primary N) is 1. The molecule has 0 aliphatic carbocycles. The fourth-order valence-electron chi connectivity index (χ4n) is 2.51. The molecule has 5 heteroatoms. The van der Waals surface area contributed by atoms with Gasteiger partial charge in [0.1, 0.15) is 4.88 Å². The Morgan fingerprint density at radius 3 is 2.71 bits per heavy atom. The van der Waals surface area contributed by atoms with Crippen LogP contribution in [-0.4, -0.2) is 55.0 Å². The molecular formula is C16H23N3OS. The van der Waals surface area contributed by atoms with Crippen molar-refractivity contribution in [3.63, 3.8) is 0 Å². The minimum atomic E-state index is 0.107. The van der Waals surface area contributed by atoms with Crippen molar-refractivity contribution >= 4 is 17.2 Å². The summed E-state index contributed by atoms with van der Waals surface area (Å²) in [4.78, 5) is 17.7. The highest BCUT2D eigenvalue weighted by Crippen LogP contribution is 2.19. The molecule has 4 nitrogen and oxygen atoms in total. The van der Waals surface area contributed by atoms with Crippen LogP contribution in [0, 0.1) is 17.8 Å². The number of rotatable bonds is 3. The van der Waals surface area contributed by atoms with Crippen LogP contribution in [0.2, 0.25) is 0 Å². The van der Waals surface area contributed by atoms with E-state index in [0.29, 0.717) is 12.5 Å². The lowest BCUT2D eigenvalue weighted by Crippen LogP contribution is -2.49. The lowest BCUT2D eigenvalue weighted by molar-refractivity contribution is 0.0628. The number of hydrogen-bond acceptors (Lipinski definition) is 4. The second-order valence-electron chi connectivity index (χ2n) is 5.66. The standard InChI is InChI=1S/C16H23N3OS/c1-13(2)12-18-7-9-19(10-8-18)16(20)15-14(4-3-6-17)5-11-21-15/h5,11,13H,6-10,12,17H2,1-2H3. The average Bonchev–Trinajstić information content (AvgIpc) is 2.93. The van der Waals surface area contributed by atoms with Gasteiger partial charge in [0, 0.05) is 38.3 Å². The first-order chi connectivity index (χ1) is 10.1. The van der Waals surface area contributed by atoms with Crippen LogP contribution in [0.4, 0.5) is 0 Å². The van der Waals surface area contributed by atoms with Crippen molar-refractivity contribution in [1.82, 2.24) is 9.80 Å². The van der Waals surface area contributed by atoms with Gasteiger partial charge in [-0.3, -0.25) is 9.69 Å². The van der Waals surface area contributed by atoms with E-state index in [-0.39, 0.29) is 5.91 Å². The van der Waals surface area contributed by atoms with E-state index in [4.69, 9.17) is 5.73 Å². The Labute approximate surface area is 130 Å². The number of thiophene rings is 1. The maximum Gasteiger partial charge on any atom is 0.265 e. The van der Waals surface area contributed by atoms with E-state index in [2.05, 4.69) is 30.6 Å². The highest BCUT2D eigenvalue weighted by molar-refractivity contribution is 7.12. The molecule has 1 aromatic heterocycles. The predicted octanol–water partition coefficient (Wildman–Crippen LogP) is 1.47. The van der Waals surface area contributed by atoms with Crippen molar-refractivity contribution < 1.29 is 4.79 Å². The van der Waals surface area contributed by atoms with E-state index in [0.717, 1.165) is 43.2 Å². The molecule has 1 aromatic rings. The zero-order valence-electron chi connectivity index (χ0n) is 12.8. The van der Waals surface area contributed by atoms with Crippen LogP contribution < -0.4 is 5.73 Å². The summed E-state index contributed by atoms with van der Waals surface area (Å²) in [6.45, 7) is 9.39. The highest BCUT2D eigenvalue weighted by atomic mass is 32.1. The molecule has 0 aromatic carbocycles. The van der Waals surface area contributed by atoms with Gasteiger partial charge < -0.3 is 10.6 Å². The summed E-state index contributed by atoms with van der Waals surface area (Å²) < 4.78 is 0. The Balaban J connectivity index is 1.98. The van der Waals surface area contributed by atoms with Crippen molar-refractivity contribution in [2.24, 2.45) is 11.7 Å². The Bertz CT molecular complexity index is 533. The van der Waals surface area contributed by atoms with Crippen molar-refractivity contribution in [1.29, 1.82) is 0 Å². The molecule has 1 amide bonds. The molecule has 2 rings (SSSR count). The molecular weight excluding hydrogens is 282 g/mol. The summed E-state index contributed by atoms with van der Waals surface area (Å²) in [6, 6.07) is 1.90. The van der Waals surface area contributed by atoms with Gasteiger partial charge in [-0.2, -0.15) is 0 Å². The SMILES string of the molecule is CC(C)CN1CCN(C(=O)c2sccc2C#CCN)CC1. The molecule has 2 heterocycles. The Morgan fingerprint density at radius 2 is 2.10 bits per heavy atom. The second-order valence-corrected chi connectivity index (χ2v) is 6.57. The summed E-state index contributed by atoms with van der Waals surface area (Å²) in [7, 11) is 0. The third-order valence-corrected chi connectivity index (χ3v) is 4.37. The van der Waals surface area contributed by atoms with E-state index in [1.165, 1.54) is 11.3 Å². The van der Waals surface area contributed by atoms with Crippen LogP contribution in [0.15, 0.2) is 11.4 Å². The van der Waals surface area contributed by atoms with E-state index >= 15 is 0 Å². The minimum absolute atomic E-state index is 0.107. The van der Waals surface area contributed by atoms with Crippen LogP contribution in [0.25, 0.3) is 0 Å². The summed E-state index contributed by atoms with van der Waals surface area (Å²) in [5.74, 6) is 6.58.